The van der Waals surface area contributed by atoms with E-state index < -0.39 is 0 Å². The molecule has 0 fully saturated rings. The number of esters is 1. The van der Waals surface area contributed by atoms with Crippen molar-refractivity contribution in [3.05, 3.63) is 0 Å². The summed E-state index contributed by atoms with van der Waals surface area (Å²) < 4.78 is 33.8. The van der Waals surface area contributed by atoms with Gasteiger partial charge in [-0.15, -0.1) is 0 Å². The van der Waals surface area contributed by atoms with Crippen molar-refractivity contribution < 1.29 is 38.0 Å². The lowest BCUT2D eigenvalue weighted by Gasteiger charge is -2.12. The first-order valence-electron chi connectivity index (χ1n) is 8.57. The standard InChI is InChI=1S/C7H14O4.C6H14O2.C5H12O2/c1-6(8)11-5-7(10-3)4-9-2;1-7-5-3-4-6-8-2;1-5(7-3)4-6-2/h7H,4-5H2,1-3H3;3-6H2,1-2H3;5H,4H2,1-3H3. The van der Waals surface area contributed by atoms with Crippen LogP contribution in [0.2, 0.25) is 0 Å². The number of hydrogen-bond acceptors (Lipinski definition) is 8. The molecular formula is C18H40O8. The maximum Gasteiger partial charge on any atom is 0.302 e. The van der Waals surface area contributed by atoms with Gasteiger partial charge in [0.2, 0.25) is 0 Å². The zero-order chi connectivity index (χ0) is 20.6. The fourth-order valence-corrected chi connectivity index (χ4v) is 1.38. The minimum Gasteiger partial charge on any atom is -0.463 e. The number of methoxy groups -OCH3 is 6. The normalized spacial score (nSPS) is 12.2. The van der Waals surface area contributed by atoms with Gasteiger partial charge in [0.25, 0.3) is 0 Å². The number of rotatable bonds is 13. The summed E-state index contributed by atoms with van der Waals surface area (Å²) in [5.41, 5.74) is 0. The number of hydrogen-bond donors (Lipinski definition) is 0. The van der Waals surface area contributed by atoms with Crippen LogP contribution in [-0.4, -0.2) is 93.9 Å². The minimum atomic E-state index is -0.303. The number of ether oxygens (including phenoxy) is 7. The second-order valence-electron chi connectivity index (χ2n) is 5.31. The van der Waals surface area contributed by atoms with Crippen molar-refractivity contribution in [2.75, 3.05) is 75.7 Å². The van der Waals surface area contributed by atoms with E-state index in [1.54, 1.807) is 42.7 Å². The summed E-state index contributed by atoms with van der Waals surface area (Å²) in [7, 11) is 9.88. The maximum absolute atomic E-state index is 10.3. The lowest BCUT2D eigenvalue weighted by molar-refractivity contribution is -0.145. The smallest absolute Gasteiger partial charge is 0.302 e. The zero-order valence-corrected chi connectivity index (χ0v) is 17.9. The van der Waals surface area contributed by atoms with Crippen molar-refractivity contribution in [2.24, 2.45) is 0 Å². The molecule has 0 saturated carbocycles. The molecule has 0 bridgehead atoms. The van der Waals surface area contributed by atoms with E-state index in [0.717, 1.165) is 26.1 Å². The molecule has 160 valence electrons. The van der Waals surface area contributed by atoms with Crippen LogP contribution >= 0.6 is 0 Å². The van der Waals surface area contributed by atoms with E-state index in [1.807, 2.05) is 6.92 Å². The Kier molecular flexibility index (Phi) is 30.5. The Bertz CT molecular complexity index is 258. The van der Waals surface area contributed by atoms with Crippen LogP contribution in [0.1, 0.15) is 26.7 Å². The maximum atomic E-state index is 10.3. The van der Waals surface area contributed by atoms with Crippen LogP contribution in [0.25, 0.3) is 0 Å². The van der Waals surface area contributed by atoms with Gasteiger partial charge in [0, 0.05) is 62.8 Å². The van der Waals surface area contributed by atoms with Crippen molar-refractivity contribution in [3.63, 3.8) is 0 Å². The predicted molar refractivity (Wildman–Crippen MR) is 101 cm³/mol. The SMILES string of the molecule is COCC(C)OC.COCC(COC(C)=O)OC.COCCCCOC. The Morgan fingerprint density at radius 2 is 1.23 bits per heavy atom. The Morgan fingerprint density at radius 3 is 1.50 bits per heavy atom. The molecule has 26 heavy (non-hydrogen) atoms. The second-order valence-corrected chi connectivity index (χ2v) is 5.31. The molecule has 0 aliphatic rings. The van der Waals surface area contributed by atoms with E-state index in [2.05, 4.69) is 0 Å². The van der Waals surface area contributed by atoms with Crippen LogP contribution in [0.4, 0.5) is 0 Å². The molecule has 0 heterocycles. The molecule has 8 heteroatoms. The highest BCUT2D eigenvalue weighted by Crippen LogP contribution is 1.92. The highest BCUT2D eigenvalue weighted by molar-refractivity contribution is 5.65. The van der Waals surface area contributed by atoms with Gasteiger partial charge in [-0.3, -0.25) is 4.79 Å². The van der Waals surface area contributed by atoms with Crippen molar-refractivity contribution in [1.29, 1.82) is 0 Å². The summed E-state index contributed by atoms with van der Waals surface area (Å²) >= 11 is 0. The van der Waals surface area contributed by atoms with Gasteiger partial charge >= 0.3 is 5.97 Å². The van der Waals surface area contributed by atoms with Crippen molar-refractivity contribution in [3.8, 4) is 0 Å². The Labute approximate surface area is 159 Å². The predicted octanol–water partition coefficient (Wildman–Crippen LogP) is 1.94. The third-order valence-corrected chi connectivity index (χ3v) is 2.91. The van der Waals surface area contributed by atoms with Gasteiger partial charge in [0.05, 0.1) is 19.3 Å². The summed E-state index contributed by atoms with van der Waals surface area (Å²) in [6, 6.07) is 0. The van der Waals surface area contributed by atoms with Crippen molar-refractivity contribution in [2.45, 2.75) is 38.9 Å². The van der Waals surface area contributed by atoms with E-state index in [9.17, 15) is 4.79 Å². The minimum absolute atomic E-state index is 0.163. The van der Waals surface area contributed by atoms with Crippen LogP contribution in [0.3, 0.4) is 0 Å². The van der Waals surface area contributed by atoms with E-state index in [1.165, 1.54) is 6.92 Å². The summed E-state index contributed by atoms with van der Waals surface area (Å²) in [5.74, 6) is -0.303. The van der Waals surface area contributed by atoms with E-state index in [4.69, 9.17) is 33.2 Å². The quantitative estimate of drug-likeness (QED) is 0.352. The molecule has 0 aromatic heterocycles. The fraction of sp³-hybridized carbons (Fsp3) is 0.944. The van der Waals surface area contributed by atoms with E-state index in [-0.39, 0.29) is 24.8 Å². The second kappa shape index (κ2) is 26.5. The first kappa shape index (κ1) is 30.0. The topological polar surface area (TPSA) is 81.7 Å². The summed E-state index contributed by atoms with van der Waals surface area (Å²) in [6.45, 7) is 6.38. The highest BCUT2D eigenvalue weighted by Gasteiger charge is 2.07. The number of unbranched alkanes of at least 4 members (excludes halogenated alkanes) is 1. The highest BCUT2D eigenvalue weighted by atomic mass is 16.6. The van der Waals surface area contributed by atoms with Crippen LogP contribution in [0, 0.1) is 0 Å². The molecule has 0 saturated heterocycles. The monoisotopic (exact) mass is 384 g/mol. The molecular weight excluding hydrogens is 344 g/mol. The zero-order valence-electron chi connectivity index (χ0n) is 17.9. The lowest BCUT2D eigenvalue weighted by Crippen LogP contribution is -2.24. The van der Waals surface area contributed by atoms with Gasteiger partial charge in [-0.1, -0.05) is 0 Å². The fourth-order valence-electron chi connectivity index (χ4n) is 1.38. The molecule has 0 aromatic rings. The lowest BCUT2D eigenvalue weighted by atomic mass is 10.3. The van der Waals surface area contributed by atoms with Crippen LogP contribution in [0.5, 0.6) is 0 Å². The van der Waals surface area contributed by atoms with Crippen LogP contribution < -0.4 is 0 Å². The molecule has 8 nitrogen and oxygen atoms in total. The van der Waals surface area contributed by atoms with Gasteiger partial charge in [0.15, 0.2) is 0 Å². The Morgan fingerprint density at radius 1 is 0.731 bits per heavy atom. The van der Waals surface area contributed by atoms with Crippen LogP contribution in [0.15, 0.2) is 0 Å². The Balaban J connectivity index is -0.000000315. The van der Waals surface area contributed by atoms with E-state index >= 15 is 0 Å². The third-order valence-electron chi connectivity index (χ3n) is 2.91. The van der Waals surface area contributed by atoms with Gasteiger partial charge in [-0.25, -0.2) is 0 Å². The molecule has 0 aromatic carbocycles. The largest absolute Gasteiger partial charge is 0.463 e. The summed E-state index contributed by atoms with van der Waals surface area (Å²) in [6.07, 6.45) is 2.27. The Hall–Kier alpha value is -0.770. The van der Waals surface area contributed by atoms with Gasteiger partial charge in [-0.05, 0) is 19.8 Å². The molecule has 0 amide bonds. The van der Waals surface area contributed by atoms with Gasteiger partial charge < -0.3 is 33.2 Å². The molecule has 0 aliphatic carbocycles. The average Bonchev–Trinajstić information content (AvgIpc) is 2.63. The molecule has 2 unspecified atom stereocenters. The number of carbonyl (C=O) groups is 1. The summed E-state index contributed by atoms with van der Waals surface area (Å²) in [4.78, 5) is 10.3. The molecule has 0 N–H and O–H groups in total. The van der Waals surface area contributed by atoms with Crippen molar-refractivity contribution in [1.82, 2.24) is 0 Å². The number of carbonyl (C=O) groups excluding carboxylic acids is 1. The van der Waals surface area contributed by atoms with E-state index in [0.29, 0.717) is 13.2 Å². The summed E-state index contributed by atoms with van der Waals surface area (Å²) in [5, 5.41) is 0. The molecule has 0 spiro atoms. The average molecular weight is 385 g/mol. The molecule has 0 rings (SSSR count). The molecule has 2 atom stereocenters. The molecule has 0 aliphatic heterocycles. The van der Waals surface area contributed by atoms with Gasteiger partial charge in [-0.2, -0.15) is 0 Å². The van der Waals surface area contributed by atoms with Crippen molar-refractivity contribution >= 4 is 5.97 Å². The molecule has 0 radical (unpaired) electrons. The first-order valence-corrected chi connectivity index (χ1v) is 8.57. The first-order chi connectivity index (χ1) is 12.4. The van der Waals surface area contributed by atoms with Gasteiger partial charge in [0.1, 0.15) is 12.7 Å². The third kappa shape index (κ3) is 31.0. The van der Waals surface area contributed by atoms with Crippen LogP contribution in [-0.2, 0) is 38.0 Å².